The maximum absolute atomic E-state index is 5.92. The van der Waals surface area contributed by atoms with Gasteiger partial charge in [-0.1, -0.05) is 18.2 Å². The second-order valence-electron chi connectivity index (χ2n) is 6.29. The van der Waals surface area contributed by atoms with Gasteiger partial charge in [-0.2, -0.15) is 0 Å². The number of ether oxygens (including phenoxy) is 1. The van der Waals surface area contributed by atoms with Crippen LogP contribution < -0.4 is 10.6 Å². The van der Waals surface area contributed by atoms with Crippen LogP contribution in [0.2, 0.25) is 0 Å². The first-order chi connectivity index (χ1) is 11.8. The maximum Gasteiger partial charge on any atom is 0.191 e. The standard InChI is InChI=1S/C19H27N3O2.HI/c1-3-20-19(21-10-11-23-13-15-8-9-15)22-12-18-14(2)16-6-4-5-7-17(16)24-18;/h4-7,15H,3,8-13H2,1-2H3,(H2,20,21,22);1H. The van der Waals surface area contributed by atoms with Gasteiger partial charge in [0, 0.05) is 30.6 Å². The summed E-state index contributed by atoms with van der Waals surface area (Å²) in [5.41, 5.74) is 2.09. The summed E-state index contributed by atoms with van der Waals surface area (Å²) in [5, 5.41) is 7.73. The average molecular weight is 457 g/mol. The van der Waals surface area contributed by atoms with Crippen LogP contribution in [0.25, 0.3) is 11.0 Å². The van der Waals surface area contributed by atoms with E-state index in [0.29, 0.717) is 13.2 Å². The van der Waals surface area contributed by atoms with Crippen LogP contribution >= 0.6 is 24.0 Å². The van der Waals surface area contributed by atoms with Crippen molar-refractivity contribution in [1.29, 1.82) is 0 Å². The summed E-state index contributed by atoms with van der Waals surface area (Å²) in [5.74, 6) is 2.52. The molecular formula is C19H28IN3O2. The van der Waals surface area contributed by atoms with E-state index in [2.05, 4.69) is 35.5 Å². The molecule has 0 aliphatic heterocycles. The maximum atomic E-state index is 5.92. The van der Waals surface area contributed by atoms with E-state index in [9.17, 15) is 0 Å². The highest BCUT2D eigenvalue weighted by atomic mass is 127. The zero-order chi connectivity index (χ0) is 16.8. The average Bonchev–Trinajstić information content (AvgIpc) is 3.36. The van der Waals surface area contributed by atoms with Crippen LogP contribution in [0.15, 0.2) is 33.7 Å². The van der Waals surface area contributed by atoms with Crippen molar-refractivity contribution < 1.29 is 9.15 Å². The highest BCUT2D eigenvalue weighted by Crippen LogP contribution is 2.28. The molecule has 0 bridgehead atoms. The van der Waals surface area contributed by atoms with E-state index in [1.54, 1.807) is 0 Å². The number of para-hydroxylation sites is 1. The van der Waals surface area contributed by atoms with Crippen LogP contribution in [0.4, 0.5) is 0 Å². The fourth-order valence-corrected chi connectivity index (χ4v) is 2.64. The van der Waals surface area contributed by atoms with E-state index in [0.717, 1.165) is 53.9 Å². The summed E-state index contributed by atoms with van der Waals surface area (Å²) in [4.78, 5) is 4.63. The summed E-state index contributed by atoms with van der Waals surface area (Å²) >= 11 is 0. The van der Waals surface area contributed by atoms with E-state index in [-0.39, 0.29) is 24.0 Å². The van der Waals surface area contributed by atoms with Crippen LogP contribution in [-0.4, -0.2) is 32.3 Å². The number of aryl methyl sites for hydroxylation is 1. The Hall–Kier alpha value is -1.28. The summed E-state index contributed by atoms with van der Waals surface area (Å²) in [7, 11) is 0. The second-order valence-corrected chi connectivity index (χ2v) is 6.29. The van der Waals surface area contributed by atoms with Crippen LogP contribution in [0.1, 0.15) is 31.1 Å². The molecule has 0 radical (unpaired) electrons. The Labute approximate surface area is 166 Å². The minimum atomic E-state index is 0. The number of fused-ring (bicyclic) bond motifs is 1. The smallest absolute Gasteiger partial charge is 0.191 e. The molecule has 0 spiro atoms. The molecule has 0 unspecified atom stereocenters. The number of nitrogens with zero attached hydrogens (tertiary/aromatic N) is 1. The van der Waals surface area contributed by atoms with Gasteiger partial charge in [-0.3, -0.25) is 0 Å². The lowest BCUT2D eigenvalue weighted by Crippen LogP contribution is -2.39. The molecule has 1 aliphatic rings. The molecule has 25 heavy (non-hydrogen) atoms. The largest absolute Gasteiger partial charge is 0.459 e. The molecule has 5 nitrogen and oxygen atoms in total. The highest BCUT2D eigenvalue weighted by Gasteiger charge is 2.20. The molecule has 0 amide bonds. The highest BCUT2D eigenvalue weighted by molar-refractivity contribution is 14.0. The lowest BCUT2D eigenvalue weighted by atomic mass is 10.1. The number of nitrogens with one attached hydrogen (secondary N) is 2. The molecule has 1 saturated carbocycles. The van der Waals surface area contributed by atoms with Gasteiger partial charge < -0.3 is 19.8 Å². The van der Waals surface area contributed by atoms with Crippen molar-refractivity contribution >= 4 is 40.9 Å². The number of hydrogen-bond acceptors (Lipinski definition) is 3. The molecular weight excluding hydrogens is 429 g/mol. The Kier molecular flexibility index (Phi) is 8.02. The predicted octanol–water partition coefficient (Wildman–Crippen LogP) is 3.84. The van der Waals surface area contributed by atoms with Gasteiger partial charge >= 0.3 is 0 Å². The molecule has 2 aromatic rings. The Balaban J connectivity index is 0.00000225. The Morgan fingerprint density at radius 2 is 2.08 bits per heavy atom. The van der Waals surface area contributed by atoms with Crippen molar-refractivity contribution in [2.75, 3.05) is 26.3 Å². The molecule has 0 saturated heterocycles. The van der Waals surface area contributed by atoms with Gasteiger partial charge in [0.25, 0.3) is 0 Å². The van der Waals surface area contributed by atoms with E-state index in [1.165, 1.54) is 12.8 Å². The first-order valence-corrected chi connectivity index (χ1v) is 8.85. The molecule has 1 aromatic heterocycles. The van der Waals surface area contributed by atoms with Gasteiger partial charge in [0.05, 0.1) is 6.61 Å². The van der Waals surface area contributed by atoms with Gasteiger partial charge in [0.1, 0.15) is 17.9 Å². The summed E-state index contributed by atoms with van der Waals surface area (Å²) in [6.07, 6.45) is 2.66. The topological polar surface area (TPSA) is 58.8 Å². The van der Waals surface area contributed by atoms with Crippen LogP contribution in [0.5, 0.6) is 0 Å². The molecule has 1 fully saturated rings. The summed E-state index contributed by atoms with van der Waals surface area (Å²) in [6, 6.07) is 8.11. The van der Waals surface area contributed by atoms with Crippen molar-refractivity contribution in [2.24, 2.45) is 10.9 Å². The zero-order valence-electron chi connectivity index (χ0n) is 15.0. The number of aliphatic imine (C=N–C) groups is 1. The lowest BCUT2D eigenvalue weighted by Gasteiger charge is -2.11. The molecule has 3 rings (SSSR count). The van der Waals surface area contributed by atoms with Crippen molar-refractivity contribution in [3.05, 3.63) is 35.6 Å². The Morgan fingerprint density at radius 1 is 1.28 bits per heavy atom. The lowest BCUT2D eigenvalue weighted by molar-refractivity contribution is 0.129. The van der Waals surface area contributed by atoms with Crippen LogP contribution in [0, 0.1) is 12.8 Å². The van der Waals surface area contributed by atoms with Crippen LogP contribution in [0.3, 0.4) is 0 Å². The molecule has 1 heterocycles. The van der Waals surface area contributed by atoms with Gasteiger partial charge in [0.2, 0.25) is 0 Å². The molecule has 0 atom stereocenters. The van der Waals surface area contributed by atoms with Crippen molar-refractivity contribution in [3.63, 3.8) is 0 Å². The van der Waals surface area contributed by atoms with Crippen molar-refractivity contribution in [2.45, 2.75) is 33.2 Å². The fourth-order valence-electron chi connectivity index (χ4n) is 2.64. The van der Waals surface area contributed by atoms with E-state index in [4.69, 9.17) is 9.15 Å². The third-order valence-corrected chi connectivity index (χ3v) is 4.26. The van der Waals surface area contributed by atoms with Gasteiger partial charge in [-0.05, 0) is 38.7 Å². The van der Waals surface area contributed by atoms with Gasteiger partial charge in [-0.15, -0.1) is 24.0 Å². The third kappa shape index (κ3) is 5.88. The molecule has 1 aromatic carbocycles. The monoisotopic (exact) mass is 457 g/mol. The summed E-state index contributed by atoms with van der Waals surface area (Å²) < 4.78 is 11.6. The number of benzene rings is 1. The van der Waals surface area contributed by atoms with E-state index < -0.39 is 0 Å². The minimum absolute atomic E-state index is 0. The summed E-state index contributed by atoms with van der Waals surface area (Å²) in [6.45, 7) is 7.87. The zero-order valence-corrected chi connectivity index (χ0v) is 17.3. The predicted molar refractivity (Wildman–Crippen MR) is 113 cm³/mol. The van der Waals surface area contributed by atoms with E-state index in [1.807, 2.05) is 18.2 Å². The first kappa shape index (κ1) is 20.0. The van der Waals surface area contributed by atoms with Crippen molar-refractivity contribution in [3.8, 4) is 0 Å². The minimum Gasteiger partial charge on any atom is -0.459 e. The third-order valence-electron chi connectivity index (χ3n) is 4.26. The Bertz CT molecular complexity index is 695. The quantitative estimate of drug-likeness (QED) is 0.274. The molecule has 1 aliphatic carbocycles. The molecule has 138 valence electrons. The number of furan rings is 1. The normalized spacial score (nSPS) is 14.4. The van der Waals surface area contributed by atoms with Gasteiger partial charge in [-0.25, -0.2) is 4.99 Å². The number of hydrogen-bond donors (Lipinski definition) is 2. The number of rotatable bonds is 8. The molecule has 6 heteroatoms. The number of halogens is 1. The van der Waals surface area contributed by atoms with E-state index >= 15 is 0 Å². The van der Waals surface area contributed by atoms with Crippen molar-refractivity contribution in [1.82, 2.24) is 10.6 Å². The first-order valence-electron chi connectivity index (χ1n) is 8.85. The van der Waals surface area contributed by atoms with Gasteiger partial charge in [0.15, 0.2) is 5.96 Å². The fraction of sp³-hybridized carbons (Fsp3) is 0.526. The number of guanidine groups is 1. The SMILES string of the molecule is CCNC(=NCc1oc2ccccc2c1C)NCCOCC1CC1.I. The van der Waals surface area contributed by atoms with Crippen LogP contribution in [-0.2, 0) is 11.3 Å². The second kappa shape index (κ2) is 10.0. The molecule has 2 N–H and O–H groups in total. The Morgan fingerprint density at radius 3 is 2.80 bits per heavy atom.